The van der Waals surface area contributed by atoms with Crippen molar-refractivity contribution in [1.82, 2.24) is 29.7 Å². The molecular weight excluding hydrogens is 481 g/mol. The average Bonchev–Trinajstić information content (AvgIpc) is 3.38. The zero-order valence-corrected chi connectivity index (χ0v) is 20.2. The lowest BCUT2D eigenvalue weighted by Crippen LogP contribution is -2.26. The maximum atomic E-state index is 13.8. The molecule has 0 saturated carbocycles. The van der Waals surface area contributed by atoms with E-state index in [0.717, 1.165) is 11.6 Å². The number of aromatic nitrogens is 5. The number of aryl methyl sites for hydroxylation is 2. The lowest BCUT2D eigenvalue weighted by molar-refractivity contribution is -0.142. The van der Waals surface area contributed by atoms with E-state index in [2.05, 4.69) is 20.5 Å². The lowest BCUT2D eigenvalue weighted by atomic mass is 10.0. The van der Waals surface area contributed by atoms with E-state index in [1.807, 2.05) is 26.0 Å². The van der Waals surface area contributed by atoms with Crippen LogP contribution < -0.4 is 5.32 Å². The summed E-state index contributed by atoms with van der Waals surface area (Å²) in [4.78, 5) is 16.9. The Bertz CT molecular complexity index is 1340. The molecule has 35 heavy (non-hydrogen) atoms. The van der Waals surface area contributed by atoms with E-state index in [0.29, 0.717) is 39.7 Å². The number of rotatable bonds is 7. The summed E-state index contributed by atoms with van der Waals surface area (Å²) < 4.78 is 43.8. The number of nitrogens with one attached hydrogen (secondary N) is 1. The number of carbonyl (C=O) groups is 1. The van der Waals surface area contributed by atoms with Gasteiger partial charge in [-0.15, -0.1) is 0 Å². The first-order valence-corrected chi connectivity index (χ1v) is 11.5. The van der Waals surface area contributed by atoms with Crippen LogP contribution in [0.5, 0.6) is 0 Å². The van der Waals surface area contributed by atoms with Gasteiger partial charge >= 0.3 is 6.18 Å². The second-order valence-electron chi connectivity index (χ2n) is 8.54. The van der Waals surface area contributed by atoms with Gasteiger partial charge in [0.2, 0.25) is 0 Å². The summed E-state index contributed by atoms with van der Waals surface area (Å²) in [6.07, 6.45) is -2.44. The molecule has 1 N–H and O–H groups in total. The van der Waals surface area contributed by atoms with Crippen molar-refractivity contribution >= 4 is 23.2 Å². The number of hydrogen-bond acceptors (Lipinski definition) is 4. The molecule has 1 aromatic carbocycles. The molecule has 0 aliphatic heterocycles. The van der Waals surface area contributed by atoms with Gasteiger partial charge in [0.1, 0.15) is 0 Å². The van der Waals surface area contributed by atoms with Crippen LogP contribution in [0.4, 0.5) is 13.2 Å². The zero-order valence-electron chi connectivity index (χ0n) is 19.4. The second-order valence-corrected chi connectivity index (χ2v) is 8.94. The summed E-state index contributed by atoms with van der Waals surface area (Å²) >= 11 is 5.98. The molecule has 0 aliphatic rings. The third-order valence-corrected chi connectivity index (χ3v) is 5.93. The molecule has 3 aromatic heterocycles. The topological polar surface area (TPSA) is 77.1 Å². The van der Waals surface area contributed by atoms with Gasteiger partial charge in [0, 0.05) is 30.9 Å². The van der Waals surface area contributed by atoms with Crippen molar-refractivity contribution < 1.29 is 18.0 Å². The quantitative estimate of drug-likeness (QED) is 0.336. The fourth-order valence-corrected chi connectivity index (χ4v) is 3.77. The Balaban J connectivity index is 1.55. The summed E-state index contributed by atoms with van der Waals surface area (Å²) in [5.74, 6) is -0.288. The molecule has 4 rings (SSSR count). The number of fused-ring (bicyclic) bond motifs is 1. The maximum absolute atomic E-state index is 13.8. The van der Waals surface area contributed by atoms with Crippen LogP contribution in [-0.2, 0) is 12.7 Å². The summed E-state index contributed by atoms with van der Waals surface area (Å²) in [5, 5.41) is 11.4. The van der Waals surface area contributed by atoms with E-state index in [9.17, 15) is 18.0 Å². The van der Waals surface area contributed by atoms with Crippen molar-refractivity contribution in [3.63, 3.8) is 0 Å². The molecule has 4 aromatic rings. The minimum Gasteiger partial charge on any atom is -0.351 e. The van der Waals surface area contributed by atoms with E-state index in [1.165, 1.54) is 6.07 Å². The highest BCUT2D eigenvalue weighted by Gasteiger charge is 2.35. The van der Waals surface area contributed by atoms with Crippen LogP contribution in [0.15, 0.2) is 42.6 Å². The van der Waals surface area contributed by atoms with Crippen LogP contribution in [0.25, 0.3) is 16.9 Å². The number of hydrogen-bond donors (Lipinski definition) is 1. The monoisotopic (exact) mass is 504 g/mol. The first kappa shape index (κ1) is 24.7. The molecule has 0 radical (unpaired) electrons. The zero-order chi connectivity index (χ0) is 25.3. The first-order chi connectivity index (χ1) is 16.5. The van der Waals surface area contributed by atoms with Crippen molar-refractivity contribution in [3.8, 4) is 11.3 Å². The smallest absolute Gasteiger partial charge is 0.351 e. The predicted molar refractivity (Wildman–Crippen MR) is 126 cm³/mol. The number of carbonyl (C=O) groups excluding carboxylic acids is 1. The van der Waals surface area contributed by atoms with E-state index < -0.39 is 17.8 Å². The standard InChI is InChI=1S/C24H24ClF3N6O/c1-14(2)16-5-7-17(8-6-16)19-11-21(24(26,27)28)34-22(30-19)12-20(32-34)23(35)29-9-4-10-33-13-18(25)15(3)31-33/h5-8,11-14H,4,9-10H2,1-3H3,(H,29,35). The molecule has 0 unspecified atom stereocenters. The molecule has 7 nitrogen and oxygen atoms in total. The molecule has 0 saturated heterocycles. The molecule has 0 bridgehead atoms. The molecule has 0 atom stereocenters. The molecule has 0 aliphatic carbocycles. The molecule has 0 fully saturated rings. The van der Waals surface area contributed by atoms with Gasteiger partial charge in [0.05, 0.1) is 16.4 Å². The van der Waals surface area contributed by atoms with Gasteiger partial charge in [-0.25, -0.2) is 9.50 Å². The highest BCUT2D eigenvalue weighted by molar-refractivity contribution is 6.31. The van der Waals surface area contributed by atoms with Gasteiger partial charge < -0.3 is 5.32 Å². The van der Waals surface area contributed by atoms with Gasteiger partial charge in [-0.1, -0.05) is 49.7 Å². The van der Waals surface area contributed by atoms with Crippen LogP contribution in [0.2, 0.25) is 5.02 Å². The van der Waals surface area contributed by atoms with Crippen LogP contribution in [-0.4, -0.2) is 36.8 Å². The Hall–Kier alpha value is -3.40. The van der Waals surface area contributed by atoms with Gasteiger partial charge in [-0.2, -0.15) is 23.4 Å². The van der Waals surface area contributed by atoms with Crippen molar-refractivity contribution in [1.29, 1.82) is 0 Å². The van der Waals surface area contributed by atoms with Crippen LogP contribution >= 0.6 is 11.6 Å². The predicted octanol–water partition coefficient (Wildman–Crippen LogP) is 5.52. The van der Waals surface area contributed by atoms with E-state index in [-0.39, 0.29) is 23.6 Å². The average molecular weight is 505 g/mol. The van der Waals surface area contributed by atoms with Crippen molar-refractivity contribution in [2.75, 3.05) is 6.54 Å². The van der Waals surface area contributed by atoms with Crippen molar-refractivity contribution in [2.24, 2.45) is 0 Å². The number of nitrogens with zero attached hydrogens (tertiary/aromatic N) is 5. The van der Waals surface area contributed by atoms with Crippen LogP contribution in [0.3, 0.4) is 0 Å². The Morgan fingerprint density at radius 3 is 2.46 bits per heavy atom. The minimum atomic E-state index is -4.68. The van der Waals surface area contributed by atoms with Crippen LogP contribution in [0, 0.1) is 6.92 Å². The minimum absolute atomic E-state index is 0.0606. The number of halogens is 4. The SMILES string of the molecule is Cc1nn(CCCNC(=O)c2cc3nc(-c4ccc(C(C)C)cc4)cc(C(F)(F)F)n3n2)cc1Cl. The Labute approximate surface area is 204 Å². The summed E-state index contributed by atoms with van der Waals surface area (Å²) in [6.45, 7) is 6.68. The van der Waals surface area contributed by atoms with E-state index in [4.69, 9.17) is 11.6 Å². The molecule has 184 valence electrons. The summed E-state index contributed by atoms with van der Waals surface area (Å²) in [6, 6.07) is 9.43. The van der Waals surface area contributed by atoms with Gasteiger partial charge in [0.15, 0.2) is 17.0 Å². The molecule has 11 heteroatoms. The Kier molecular flexibility index (Phi) is 6.84. The third-order valence-electron chi connectivity index (χ3n) is 5.56. The van der Waals surface area contributed by atoms with Gasteiger partial charge in [0.25, 0.3) is 5.91 Å². The Morgan fingerprint density at radius 2 is 1.86 bits per heavy atom. The summed E-state index contributed by atoms with van der Waals surface area (Å²) in [7, 11) is 0. The molecular formula is C24H24ClF3N6O. The van der Waals surface area contributed by atoms with E-state index in [1.54, 1.807) is 29.9 Å². The Morgan fingerprint density at radius 1 is 1.14 bits per heavy atom. The highest BCUT2D eigenvalue weighted by Crippen LogP contribution is 2.32. The largest absolute Gasteiger partial charge is 0.433 e. The van der Waals surface area contributed by atoms with Gasteiger partial charge in [-0.3, -0.25) is 9.48 Å². The van der Waals surface area contributed by atoms with E-state index >= 15 is 0 Å². The van der Waals surface area contributed by atoms with Gasteiger partial charge in [-0.05, 0) is 30.9 Å². The molecule has 0 spiro atoms. The molecule has 3 heterocycles. The third kappa shape index (κ3) is 5.48. The highest BCUT2D eigenvalue weighted by atomic mass is 35.5. The number of amides is 1. The summed E-state index contributed by atoms with van der Waals surface area (Å²) in [5.41, 5.74) is 1.27. The maximum Gasteiger partial charge on any atom is 0.433 e. The number of alkyl halides is 3. The first-order valence-electron chi connectivity index (χ1n) is 11.1. The molecule has 1 amide bonds. The van der Waals surface area contributed by atoms with Crippen molar-refractivity contribution in [2.45, 2.75) is 45.8 Å². The normalized spacial score (nSPS) is 12.0. The van der Waals surface area contributed by atoms with Crippen LogP contribution in [0.1, 0.15) is 53.6 Å². The fraction of sp³-hybridized carbons (Fsp3) is 0.333. The fourth-order valence-electron chi connectivity index (χ4n) is 3.62. The number of benzene rings is 1. The van der Waals surface area contributed by atoms with Crippen molar-refractivity contribution in [3.05, 3.63) is 70.3 Å². The lowest BCUT2D eigenvalue weighted by Gasteiger charge is -2.11. The second kappa shape index (κ2) is 9.69.